The van der Waals surface area contributed by atoms with Gasteiger partial charge in [0.2, 0.25) is 0 Å². The molecule has 0 heterocycles. The number of rotatable bonds is 22. The van der Waals surface area contributed by atoms with Crippen molar-refractivity contribution in [3.63, 3.8) is 0 Å². The molecule has 4 aromatic carbocycles. The first-order valence-electron chi connectivity index (χ1n) is 16.6. The van der Waals surface area contributed by atoms with Gasteiger partial charge in [0.25, 0.3) is 0 Å². The lowest BCUT2D eigenvalue weighted by Crippen LogP contribution is -2.57. The van der Waals surface area contributed by atoms with Gasteiger partial charge in [-0.15, -0.1) is 0 Å². The van der Waals surface area contributed by atoms with E-state index in [1.165, 1.54) is 0 Å². The van der Waals surface area contributed by atoms with Gasteiger partial charge in [-0.25, -0.2) is 0 Å². The van der Waals surface area contributed by atoms with Crippen LogP contribution in [-0.2, 0) is 17.7 Å². The second-order valence-electron chi connectivity index (χ2n) is 11.8. The molecule has 15 N–H and O–H groups in total. The van der Waals surface area contributed by atoms with E-state index in [0.717, 1.165) is 0 Å². The summed E-state index contributed by atoms with van der Waals surface area (Å²) in [4.78, 5) is 0. The second kappa shape index (κ2) is 19.3. The molecule has 0 aliphatic heterocycles. The van der Waals surface area contributed by atoms with Crippen LogP contribution in [0.2, 0.25) is 0 Å². The summed E-state index contributed by atoms with van der Waals surface area (Å²) < 4.78 is 49.4. The molecule has 0 saturated heterocycles. The van der Waals surface area contributed by atoms with Crippen molar-refractivity contribution in [1.29, 1.82) is 0 Å². The molecule has 0 radical (unpaired) electrons. The molecule has 0 bridgehead atoms. The lowest BCUT2D eigenvalue weighted by Gasteiger charge is -2.30. The zero-order valence-corrected chi connectivity index (χ0v) is 31.4. The van der Waals surface area contributed by atoms with Gasteiger partial charge in [-0.1, -0.05) is 0 Å². The number of hydrogen-bond acceptors (Lipinski definition) is 16. The van der Waals surface area contributed by atoms with E-state index in [0.29, 0.717) is 51.4 Å². The van der Waals surface area contributed by atoms with Crippen LogP contribution in [0.1, 0.15) is 13.8 Å². The van der Waals surface area contributed by atoms with Gasteiger partial charge in [0.05, 0.1) is 37.8 Å². The van der Waals surface area contributed by atoms with E-state index >= 15 is 0 Å². The average Bonchev–Trinajstić information content (AvgIpc) is 3.12. The summed E-state index contributed by atoms with van der Waals surface area (Å²) in [5, 5.41) is 3.31. The van der Waals surface area contributed by atoms with Crippen LogP contribution < -0.4 is 63.2 Å². The normalized spacial score (nSPS) is 13.8. The first-order chi connectivity index (χ1) is 24.9. The Labute approximate surface area is 306 Å². The molecule has 0 saturated carbocycles. The van der Waals surface area contributed by atoms with Gasteiger partial charge in [0.1, 0.15) is 23.0 Å². The third-order valence-electron chi connectivity index (χ3n) is 6.73. The minimum Gasteiger partial charge on any atom is -0.471 e. The van der Waals surface area contributed by atoms with Gasteiger partial charge < -0.3 is 80.9 Å². The Balaban J connectivity index is 1.57. The molecule has 0 aliphatic carbocycles. The monoisotopic (exact) mass is 754 g/mol. The van der Waals surface area contributed by atoms with Gasteiger partial charge in [-0.3, -0.25) is 0 Å². The van der Waals surface area contributed by atoms with Crippen LogP contribution in [0.5, 0.6) is 23.0 Å². The maximum Gasteiger partial charge on any atom is 0.820 e. The van der Waals surface area contributed by atoms with Gasteiger partial charge >= 0.3 is 18.1 Å². The minimum atomic E-state index is -3.97. The molecule has 52 heavy (non-hydrogen) atoms. The van der Waals surface area contributed by atoms with Crippen molar-refractivity contribution < 1.29 is 35.4 Å². The lowest BCUT2D eigenvalue weighted by molar-refractivity contribution is 0.0349. The summed E-state index contributed by atoms with van der Waals surface area (Å²) in [6, 6.07) is 25.0. The molecule has 0 fully saturated rings. The Morgan fingerprint density at radius 2 is 0.923 bits per heavy atom. The molecule has 0 amide bonds. The van der Waals surface area contributed by atoms with Crippen molar-refractivity contribution >= 4 is 46.5 Å². The van der Waals surface area contributed by atoms with E-state index in [2.05, 4.69) is 5.32 Å². The van der Waals surface area contributed by atoms with E-state index in [1.54, 1.807) is 105 Å². The number of nitrogens with one attached hydrogen (secondary N) is 1. The van der Waals surface area contributed by atoms with Crippen molar-refractivity contribution in [2.24, 2.45) is 22.9 Å². The number of benzene rings is 4. The van der Waals surface area contributed by atoms with Crippen LogP contribution in [0.4, 0.5) is 28.4 Å². The summed E-state index contributed by atoms with van der Waals surface area (Å²) in [5.74, 6) is 1.65. The lowest BCUT2D eigenvalue weighted by atomic mass is 10.2. The molecule has 4 aromatic rings. The Morgan fingerprint density at radius 3 is 1.35 bits per heavy atom. The number of nitrogen functional groups attached to an aromatic ring is 3. The molecular weight excluding hydrogens is 705 g/mol. The fourth-order valence-electron chi connectivity index (χ4n) is 4.31. The summed E-state index contributed by atoms with van der Waals surface area (Å²) in [6.07, 6.45) is 0. The van der Waals surface area contributed by atoms with E-state index in [-0.39, 0.29) is 51.6 Å². The number of hydrogen-bond donors (Lipinski definition) is 8. The predicted molar refractivity (Wildman–Crippen MR) is 206 cm³/mol. The fourth-order valence-corrected chi connectivity index (χ4v) is 8.39. The Morgan fingerprint density at radius 1 is 0.538 bits per heavy atom. The number of nitrogens with two attached hydrogens (primary N) is 7. The van der Waals surface area contributed by atoms with Crippen molar-refractivity contribution in [2.75, 3.05) is 62.0 Å². The smallest absolute Gasteiger partial charge is 0.471 e. The highest BCUT2D eigenvalue weighted by atomic mass is 28.4. The van der Waals surface area contributed by atoms with Crippen LogP contribution >= 0.6 is 0 Å². The first-order valence-corrected chi connectivity index (χ1v) is 19.9. The molecule has 0 spiro atoms. The van der Waals surface area contributed by atoms with Gasteiger partial charge in [0, 0.05) is 48.3 Å². The van der Waals surface area contributed by atoms with Crippen molar-refractivity contribution in [3.8, 4) is 23.0 Å². The SMILES string of the molecule is CC(N)CO[Si](OCC(C)N)(Oc1ccc(N)cc1)Oc1ccc(N)c(Nc2ccc(O[Si](OCCN)(OCCN)Oc3ccc(N)cc3)cc2)c1. The third kappa shape index (κ3) is 12.6. The Bertz CT molecular complexity index is 1640. The zero-order chi connectivity index (χ0) is 37.6. The molecular formula is C34H50N8O8Si2. The molecule has 18 heteroatoms. The van der Waals surface area contributed by atoms with Crippen molar-refractivity contribution in [2.45, 2.75) is 25.9 Å². The fraction of sp³-hybridized carbons (Fsp3) is 0.294. The van der Waals surface area contributed by atoms with Gasteiger partial charge in [0.15, 0.2) is 0 Å². The van der Waals surface area contributed by atoms with Crippen molar-refractivity contribution in [1.82, 2.24) is 0 Å². The summed E-state index contributed by atoms with van der Waals surface area (Å²) in [6.45, 7) is 4.48. The minimum absolute atomic E-state index is 0.0956. The van der Waals surface area contributed by atoms with Crippen LogP contribution in [0.3, 0.4) is 0 Å². The second-order valence-corrected chi connectivity index (χ2v) is 15.8. The zero-order valence-electron chi connectivity index (χ0n) is 29.4. The molecule has 2 atom stereocenters. The van der Waals surface area contributed by atoms with E-state index in [1.807, 2.05) is 0 Å². The average molecular weight is 755 g/mol. The topological polar surface area (TPSA) is 268 Å². The molecule has 2 unspecified atom stereocenters. The molecule has 4 rings (SSSR count). The van der Waals surface area contributed by atoms with Gasteiger partial charge in [-0.05, 0) is 98.8 Å². The van der Waals surface area contributed by atoms with Crippen molar-refractivity contribution in [3.05, 3.63) is 91.0 Å². The Kier molecular flexibility index (Phi) is 14.9. The maximum atomic E-state index is 6.42. The van der Waals surface area contributed by atoms with Gasteiger partial charge in [-0.2, -0.15) is 0 Å². The third-order valence-corrected chi connectivity index (χ3v) is 10.8. The van der Waals surface area contributed by atoms with E-state index in [4.69, 9.17) is 75.5 Å². The highest BCUT2D eigenvalue weighted by molar-refractivity contribution is 6.55. The predicted octanol–water partition coefficient (Wildman–Crippen LogP) is 2.64. The Hall–Kier alpha value is -4.61. The summed E-state index contributed by atoms with van der Waals surface area (Å²) >= 11 is 0. The summed E-state index contributed by atoms with van der Waals surface area (Å²) in [5.41, 5.74) is 44.5. The number of anilines is 5. The maximum absolute atomic E-state index is 6.42. The molecule has 282 valence electrons. The molecule has 0 aromatic heterocycles. The molecule has 16 nitrogen and oxygen atoms in total. The highest BCUT2D eigenvalue weighted by Crippen LogP contribution is 2.32. The van der Waals surface area contributed by atoms with Crippen LogP contribution in [0.25, 0.3) is 0 Å². The molecule has 0 aliphatic rings. The first kappa shape index (κ1) is 40.2. The standard InChI is InChI=1S/C34H50N8O8Si2/c1-24(37)22-45-52(46-23-25(2)38,49-30-11-5-27(40)6-12-30)50-32-15-16-33(41)34(21-32)42-28-7-13-31(14-8-28)48-51(43-19-17-35,44-20-18-36)47-29-9-3-26(39)4-10-29/h3-16,21,24-25,42H,17-20,22-23,35-41H2,1-2H3. The van der Waals surface area contributed by atoms with E-state index < -0.39 is 18.1 Å². The van der Waals surface area contributed by atoms with Crippen LogP contribution in [0, 0.1) is 0 Å². The van der Waals surface area contributed by atoms with Crippen LogP contribution in [0.15, 0.2) is 91.0 Å². The highest BCUT2D eigenvalue weighted by Gasteiger charge is 2.53. The largest absolute Gasteiger partial charge is 0.820 e. The van der Waals surface area contributed by atoms with Crippen LogP contribution in [-0.4, -0.2) is 69.7 Å². The summed E-state index contributed by atoms with van der Waals surface area (Å²) in [7, 11) is -7.81. The van der Waals surface area contributed by atoms with E-state index in [9.17, 15) is 0 Å². The quantitative estimate of drug-likeness (QED) is 0.0423.